The Balaban J connectivity index is 2.40. The second-order valence-electron chi connectivity index (χ2n) is 4.11. The molecule has 0 bridgehead atoms. The molecule has 5 heteroatoms. The summed E-state index contributed by atoms with van der Waals surface area (Å²) < 4.78 is 32.9. The summed E-state index contributed by atoms with van der Waals surface area (Å²) in [4.78, 5) is 0. The Morgan fingerprint density at radius 2 is 2.12 bits per heavy atom. The summed E-state index contributed by atoms with van der Waals surface area (Å²) in [6.07, 6.45) is 2.94. The maximum atomic E-state index is 13.9. The van der Waals surface area contributed by atoms with E-state index in [1.54, 1.807) is 6.07 Å². The second-order valence-corrected chi connectivity index (χ2v) is 4.97. The zero-order valence-electron chi connectivity index (χ0n) is 9.53. The number of ether oxygens (including phenoxy) is 1. The summed E-state index contributed by atoms with van der Waals surface area (Å²) in [5.74, 6) is -1.82. The van der Waals surface area contributed by atoms with Gasteiger partial charge in [-0.1, -0.05) is 6.42 Å². The quantitative estimate of drug-likeness (QED) is 0.844. The van der Waals surface area contributed by atoms with E-state index in [0.717, 1.165) is 25.8 Å². The molecule has 1 N–H and O–H groups in total. The van der Waals surface area contributed by atoms with Crippen LogP contribution in [0.15, 0.2) is 10.5 Å². The maximum Gasteiger partial charge on any atom is 0.202 e. The molecule has 0 spiro atoms. The minimum atomic E-state index is -0.927. The zero-order chi connectivity index (χ0) is 12.4. The lowest BCUT2D eigenvalue weighted by Gasteiger charge is -2.25. The number of rotatable bonds is 2. The molecule has 1 aromatic rings. The smallest absolute Gasteiger partial charge is 0.202 e. The molecule has 1 atom stereocenters. The first-order chi connectivity index (χ1) is 8.15. The average Bonchev–Trinajstić information content (AvgIpc) is 2.35. The minimum Gasteiger partial charge on any atom is -0.492 e. The molecule has 2 rings (SSSR count). The highest BCUT2D eigenvalue weighted by Crippen LogP contribution is 2.36. The van der Waals surface area contributed by atoms with E-state index in [-0.39, 0.29) is 11.8 Å². The molecular weight excluding hydrogens is 292 g/mol. The van der Waals surface area contributed by atoms with Crippen LogP contribution in [-0.4, -0.2) is 13.7 Å². The molecule has 17 heavy (non-hydrogen) atoms. The van der Waals surface area contributed by atoms with Crippen LogP contribution in [0.4, 0.5) is 8.78 Å². The normalized spacial score (nSPS) is 20.4. The number of halogens is 3. The molecule has 94 valence electrons. The van der Waals surface area contributed by atoms with E-state index in [9.17, 15) is 8.78 Å². The van der Waals surface area contributed by atoms with Gasteiger partial charge in [0.2, 0.25) is 5.82 Å². The van der Waals surface area contributed by atoms with Gasteiger partial charge in [-0.3, -0.25) is 0 Å². The van der Waals surface area contributed by atoms with Crippen molar-refractivity contribution in [3.63, 3.8) is 0 Å². The summed E-state index contributed by atoms with van der Waals surface area (Å²) in [5.41, 5.74) is 0.370. The lowest BCUT2D eigenvalue weighted by Crippen LogP contribution is -2.27. The van der Waals surface area contributed by atoms with Crippen molar-refractivity contribution in [2.24, 2.45) is 0 Å². The van der Waals surface area contributed by atoms with Gasteiger partial charge >= 0.3 is 0 Å². The van der Waals surface area contributed by atoms with Gasteiger partial charge in [0.15, 0.2) is 11.6 Å². The predicted molar refractivity (Wildman–Crippen MR) is 65.2 cm³/mol. The van der Waals surface area contributed by atoms with Gasteiger partial charge in [0.05, 0.1) is 11.6 Å². The van der Waals surface area contributed by atoms with Crippen LogP contribution in [0, 0.1) is 11.6 Å². The summed E-state index contributed by atoms with van der Waals surface area (Å²) >= 11 is 3.20. The molecule has 0 aromatic heterocycles. The molecule has 0 radical (unpaired) electrons. The van der Waals surface area contributed by atoms with Crippen molar-refractivity contribution in [2.45, 2.75) is 25.3 Å². The molecule has 1 aliphatic heterocycles. The monoisotopic (exact) mass is 305 g/mol. The number of hydrogen-bond acceptors (Lipinski definition) is 2. The summed E-state index contributed by atoms with van der Waals surface area (Å²) in [6, 6.07) is 1.49. The highest BCUT2D eigenvalue weighted by Gasteiger charge is 2.24. The van der Waals surface area contributed by atoms with E-state index in [1.807, 2.05) is 0 Å². The van der Waals surface area contributed by atoms with E-state index < -0.39 is 11.6 Å². The van der Waals surface area contributed by atoms with Crippen LogP contribution < -0.4 is 10.1 Å². The highest BCUT2D eigenvalue weighted by atomic mass is 79.9. The van der Waals surface area contributed by atoms with Gasteiger partial charge in [-0.25, -0.2) is 4.39 Å². The molecule has 1 aliphatic rings. The van der Waals surface area contributed by atoms with E-state index in [1.165, 1.54) is 7.11 Å². The Labute approximate surface area is 107 Å². The summed E-state index contributed by atoms with van der Waals surface area (Å²) in [7, 11) is 1.32. The molecule has 0 saturated carbocycles. The first-order valence-corrected chi connectivity index (χ1v) is 6.39. The number of nitrogens with one attached hydrogen (secondary N) is 1. The predicted octanol–water partition coefficient (Wildman–Crippen LogP) is 3.55. The molecule has 0 aliphatic carbocycles. The van der Waals surface area contributed by atoms with Crippen molar-refractivity contribution in [1.29, 1.82) is 0 Å². The van der Waals surface area contributed by atoms with Crippen LogP contribution in [-0.2, 0) is 0 Å². The number of methoxy groups -OCH3 is 1. The van der Waals surface area contributed by atoms with E-state index in [2.05, 4.69) is 21.2 Å². The van der Waals surface area contributed by atoms with Crippen molar-refractivity contribution >= 4 is 15.9 Å². The maximum absolute atomic E-state index is 13.9. The van der Waals surface area contributed by atoms with Crippen molar-refractivity contribution in [3.8, 4) is 5.75 Å². The number of hydrogen-bond donors (Lipinski definition) is 1. The molecule has 1 saturated heterocycles. The lowest BCUT2D eigenvalue weighted by atomic mass is 9.97. The van der Waals surface area contributed by atoms with Gasteiger partial charge in [-0.15, -0.1) is 0 Å². The Kier molecular flexibility index (Phi) is 3.99. The standard InChI is InChI=1S/C12H14BrF2NO/c1-17-12-8(13)6-7(10(14)11(12)15)9-4-2-3-5-16-9/h6,9,16H,2-5H2,1H3. The van der Waals surface area contributed by atoms with Crippen molar-refractivity contribution in [1.82, 2.24) is 5.32 Å². The average molecular weight is 306 g/mol. The van der Waals surface area contributed by atoms with Crippen molar-refractivity contribution in [2.75, 3.05) is 13.7 Å². The van der Waals surface area contributed by atoms with Gasteiger partial charge in [0, 0.05) is 11.6 Å². The first kappa shape index (κ1) is 12.8. The van der Waals surface area contributed by atoms with Crippen LogP contribution in [0.3, 0.4) is 0 Å². The minimum absolute atomic E-state index is 0.0814. The molecule has 0 amide bonds. The lowest BCUT2D eigenvalue weighted by molar-refractivity contribution is 0.355. The van der Waals surface area contributed by atoms with Crippen molar-refractivity contribution in [3.05, 3.63) is 27.7 Å². The van der Waals surface area contributed by atoms with E-state index in [0.29, 0.717) is 10.0 Å². The Morgan fingerprint density at radius 3 is 2.71 bits per heavy atom. The Bertz CT molecular complexity index is 419. The van der Waals surface area contributed by atoms with Crippen LogP contribution >= 0.6 is 15.9 Å². The molecule has 1 unspecified atom stereocenters. The van der Waals surface area contributed by atoms with Gasteiger partial charge in [0.1, 0.15) is 0 Å². The Hall–Kier alpha value is -0.680. The largest absolute Gasteiger partial charge is 0.492 e. The molecule has 1 aromatic carbocycles. The third-order valence-electron chi connectivity index (χ3n) is 3.03. The van der Waals surface area contributed by atoms with Crippen LogP contribution in [0.2, 0.25) is 0 Å². The number of benzene rings is 1. The fourth-order valence-electron chi connectivity index (χ4n) is 2.15. The molecule has 1 fully saturated rings. The van der Waals surface area contributed by atoms with Gasteiger partial charge in [0.25, 0.3) is 0 Å². The summed E-state index contributed by atoms with van der Waals surface area (Å²) in [5, 5.41) is 3.20. The molecule has 1 heterocycles. The topological polar surface area (TPSA) is 21.3 Å². The second kappa shape index (κ2) is 5.31. The fraction of sp³-hybridized carbons (Fsp3) is 0.500. The van der Waals surface area contributed by atoms with E-state index >= 15 is 0 Å². The van der Waals surface area contributed by atoms with Crippen LogP contribution in [0.25, 0.3) is 0 Å². The summed E-state index contributed by atoms with van der Waals surface area (Å²) in [6.45, 7) is 0.843. The molecular formula is C12H14BrF2NO. The van der Waals surface area contributed by atoms with Gasteiger partial charge in [-0.2, -0.15) is 4.39 Å². The third kappa shape index (κ3) is 2.45. The highest BCUT2D eigenvalue weighted by molar-refractivity contribution is 9.10. The number of piperidine rings is 1. The van der Waals surface area contributed by atoms with Crippen LogP contribution in [0.5, 0.6) is 5.75 Å². The zero-order valence-corrected chi connectivity index (χ0v) is 11.1. The fourth-order valence-corrected chi connectivity index (χ4v) is 2.74. The third-order valence-corrected chi connectivity index (χ3v) is 3.62. The van der Waals surface area contributed by atoms with E-state index in [4.69, 9.17) is 4.74 Å². The van der Waals surface area contributed by atoms with Crippen LogP contribution in [0.1, 0.15) is 30.9 Å². The Morgan fingerprint density at radius 1 is 1.35 bits per heavy atom. The first-order valence-electron chi connectivity index (χ1n) is 5.60. The van der Waals surface area contributed by atoms with Gasteiger partial charge in [-0.05, 0) is 41.4 Å². The van der Waals surface area contributed by atoms with Crippen molar-refractivity contribution < 1.29 is 13.5 Å². The SMILES string of the molecule is COc1c(Br)cc(C2CCCCN2)c(F)c1F. The molecule has 2 nitrogen and oxygen atoms in total. The van der Waals surface area contributed by atoms with Gasteiger partial charge < -0.3 is 10.1 Å².